The molecule has 1 rings (SSSR count). The Balaban J connectivity index is 2.97. The van der Waals surface area contributed by atoms with Crippen LogP contribution in [0.4, 0.5) is 13.2 Å². The summed E-state index contributed by atoms with van der Waals surface area (Å²) in [5.74, 6) is -1.91. The van der Waals surface area contributed by atoms with E-state index in [4.69, 9.17) is 15.2 Å². The number of carbonyl (C=O) groups is 1. The second-order valence-electron chi connectivity index (χ2n) is 9.62. The number of aliphatic carboxylic acids is 1. The highest BCUT2D eigenvalue weighted by molar-refractivity contribution is 5.70. The van der Waals surface area contributed by atoms with Gasteiger partial charge in [0.2, 0.25) is 0 Å². The lowest BCUT2D eigenvalue weighted by atomic mass is 9.81. The molecule has 4 N–H and O–H groups in total. The van der Waals surface area contributed by atoms with Crippen molar-refractivity contribution in [3.8, 4) is 5.75 Å². The molecule has 1 aromatic rings. The number of carboxylic acids is 1. The largest absolute Gasteiger partial charge is 0.493 e. The molecule has 0 fully saturated rings. The van der Waals surface area contributed by atoms with Crippen LogP contribution in [0.15, 0.2) is 18.2 Å². The van der Waals surface area contributed by atoms with Gasteiger partial charge in [-0.3, -0.25) is 4.79 Å². The zero-order valence-electron chi connectivity index (χ0n) is 20.8. The molecular formula is C25H40F3NO5. The van der Waals surface area contributed by atoms with Crippen LogP contribution in [-0.4, -0.2) is 48.7 Å². The SMILES string of the molecule is COCCCOc1cc(CC(CC(N)C(O)CC(C(=O)O)C(C)C)C(C)C)ccc1C(F)(F)F. The van der Waals surface area contributed by atoms with Crippen LogP contribution < -0.4 is 10.5 Å². The molecular weight excluding hydrogens is 451 g/mol. The summed E-state index contributed by atoms with van der Waals surface area (Å²) in [4.78, 5) is 11.5. The number of aliphatic hydroxyl groups is 1. The van der Waals surface area contributed by atoms with E-state index < -0.39 is 35.8 Å². The van der Waals surface area contributed by atoms with Crippen molar-refractivity contribution in [3.63, 3.8) is 0 Å². The van der Waals surface area contributed by atoms with Crippen molar-refractivity contribution in [2.75, 3.05) is 20.3 Å². The number of hydrogen-bond donors (Lipinski definition) is 3. The number of alkyl halides is 3. The minimum Gasteiger partial charge on any atom is -0.493 e. The van der Waals surface area contributed by atoms with Gasteiger partial charge in [0.25, 0.3) is 0 Å². The van der Waals surface area contributed by atoms with Crippen LogP contribution in [0.2, 0.25) is 0 Å². The number of rotatable bonds is 15. The Bertz CT molecular complexity index is 755. The number of halogens is 3. The lowest BCUT2D eigenvalue weighted by Crippen LogP contribution is -2.40. The molecule has 4 atom stereocenters. The average molecular weight is 492 g/mol. The highest BCUT2D eigenvalue weighted by Crippen LogP contribution is 2.37. The standard InChI is InChI=1S/C25H40F3NO5/c1-15(2)18(13-21(29)22(30)14-19(16(3)4)24(31)32)11-17-7-8-20(25(26,27)28)23(12-17)34-10-6-9-33-5/h7-8,12,15-16,18-19,21-22,30H,6,9-11,13-14,29H2,1-5H3,(H,31,32). The Morgan fingerprint density at radius 1 is 1.09 bits per heavy atom. The maximum absolute atomic E-state index is 13.4. The zero-order chi connectivity index (χ0) is 26.1. The summed E-state index contributed by atoms with van der Waals surface area (Å²) in [5.41, 5.74) is 6.09. The quantitative estimate of drug-likeness (QED) is 0.306. The highest BCUT2D eigenvalue weighted by Gasteiger charge is 2.35. The van der Waals surface area contributed by atoms with Crippen molar-refractivity contribution >= 4 is 5.97 Å². The van der Waals surface area contributed by atoms with Crippen molar-refractivity contribution in [1.82, 2.24) is 0 Å². The first-order valence-electron chi connectivity index (χ1n) is 11.8. The topological polar surface area (TPSA) is 102 Å². The summed E-state index contributed by atoms with van der Waals surface area (Å²) in [6.07, 6.45) is -4.13. The van der Waals surface area contributed by atoms with E-state index >= 15 is 0 Å². The van der Waals surface area contributed by atoms with Gasteiger partial charge in [0.05, 0.1) is 24.2 Å². The van der Waals surface area contributed by atoms with Crippen LogP contribution in [0.1, 0.15) is 58.1 Å². The van der Waals surface area contributed by atoms with E-state index in [1.807, 2.05) is 13.8 Å². The van der Waals surface area contributed by atoms with Crippen molar-refractivity contribution in [2.24, 2.45) is 29.4 Å². The van der Waals surface area contributed by atoms with Gasteiger partial charge in [-0.2, -0.15) is 13.2 Å². The third-order valence-electron chi connectivity index (χ3n) is 6.23. The number of carboxylic acid groups (broad SMARTS) is 1. The summed E-state index contributed by atoms with van der Waals surface area (Å²) in [6, 6.07) is 3.26. The number of benzene rings is 1. The van der Waals surface area contributed by atoms with Crippen LogP contribution in [0, 0.1) is 23.7 Å². The van der Waals surface area contributed by atoms with E-state index in [0.717, 1.165) is 6.07 Å². The third-order valence-corrected chi connectivity index (χ3v) is 6.23. The molecule has 0 saturated carbocycles. The molecule has 0 bridgehead atoms. The number of nitrogens with two attached hydrogens (primary N) is 1. The van der Waals surface area contributed by atoms with Gasteiger partial charge in [0.1, 0.15) is 5.75 Å². The van der Waals surface area contributed by atoms with Crippen LogP contribution in [0.3, 0.4) is 0 Å². The maximum Gasteiger partial charge on any atom is 0.419 e. The third kappa shape index (κ3) is 9.80. The van der Waals surface area contributed by atoms with Gasteiger partial charge in [-0.15, -0.1) is 0 Å². The molecule has 196 valence electrons. The minimum absolute atomic E-state index is 0.0231. The van der Waals surface area contributed by atoms with E-state index in [2.05, 4.69) is 0 Å². The van der Waals surface area contributed by atoms with E-state index in [9.17, 15) is 28.2 Å². The molecule has 0 saturated heterocycles. The molecule has 1 aromatic carbocycles. The molecule has 0 aliphatic heterocycles. The van der Waals surface area contributed by atoms with Crippen molar-refractivity contribution in [1.29, 1.82) is 0 Å². The van der Waals surface area contributed by atoms with Crippen LogP contribution in [0.5, 0.6) is 5.75 Å². The summed E-state index contributed by atoms with van der Waals surface area (Å²) < 4.78 is 50.7. The minimum atomic E-state index is -4.53. The molecule has 0 radical (unpaired) electrons. The Labute approximate surface area is 200 Å². The molecule has 0 spiro atoms. The summed E-state index contributed by atoms with van der Waals surface area (Å²) in [5, 5.41) is 19.9. The van der Waals surface area contributed by atoms with E-state index in [-0.39, 0.29) is 36.5 Å². The molecule has 34 heavy (non-hydrogen) atoms. The lowest BCUT2D eigenvalue weighted by molar-refractivity contribution is -0.144. The van der Waals surface area contributed by atoms with Crippen molar-refractivity contribution < 1.29 is 37.7 Å². The Morgan fingerprint density at radius 3 is 2.24 bits per heavy atom. The first-order chi connectivity index (χ1) is 15.8. The van der Waals surface area contributed by atoms with Crippen molar-refractivity contribution in [2.45, 2.75) is 71.7 Å². The molecule has 9 heteroatoms. The normalized spacial score (nSPS) is 15.9. The number of aliphatic hydroxyl groups excluding tert-OH is 1. The second-order valence-corrected chi connectivity index (χ2v) is 9.62. The Kier molecular flexibility index (Phi) is 12.3. The molecule has 0 amide bonds. The number of methoxy groups -OCH3 is 1. The zero-order valence-corrected chi connectivity index (χ0v) is 20.8. The van der Waals surface area contributed by atoms with Gasteiger partial charge in [-0.1, -0.05) is 33.8 Å². The van der Waals surface area contributed by atoms with Gasteiger partial charge in [0, 0.05) is 26.2 Å². The average Bonchev–Trinajstić information content (AvgIpc) is 2.73. The number of hydrogen-bond acceptors (Lipinski definition) is 5. The predicted molar refractivity (Wildman–Crippen MR) is 125 cm³/mol. The van der Waals surface area contributed by atoms with E-state index in [0.29, 0.717) is 31.4 Å². The van der Waals surface area contributed by atoms with Crippen LogP contribution >= 0.6 is 0 Å². The molecule has 0 heterocycles. The molecule has 0 aliphatic rings. The van der Waals surface area contributed by atoms with Gasteiger partial charge in [0.15, 0.2) is 0 Å². The molecule has 6 nitrogen and oxygen atoms in total. The summed E-state index contributed by atoms with van der Waals surface area (Å²) >= 11 is 0. The smallest absolute Gasteiger partial charge is 0.419 e. The predicted octanol–water partition coefficient (Wildman–Crippen LogP) is 4.76. The van der Waals surface area contributed by atoms with E-state index in [1.54, 1.807) is 13.8 Å². The Hall–Kier alpha value is -1.84. The van der Waals surface area contributed by atoms with Gasteiger partial charge < -0.3 is 25.4 Å². The lowest BCUT2D eigenvalue weighted by Gasteiger charge is -2.29. The fourth-order valence-corrected chi connectivity index (χ4v) is 3.93. The molecule has 0 aromatic heterocycles. The molecule has 4 unspecified atom stereocenters. The fourth-order valence-electron chi connectivity index (χ4n) is 3.93. The van der Waals surface area contributed by atoms with Gasteiger partial charge in [-0.25, -0.2) is 0 Å². The molecule has 0 aliphatic carbocycles. The van der Waals surface area contributed by atoms with Gasteiger partial charge in [-0.05, 0) is 54.7 Å². The van der Waals surface area contributed by atoms with Gasteiger partial charge >= 0.3 is 12.1 Å². The van der Waals surface area contributed by atoms with Crippen molar-refractivity contribution in [3.05, 3.63) is 29.3 Å². The highest BCUT2D eigenvalue weighted by atomic mass is 19.4. The monoisotopic (exact) mass is 491 g/mol. The first kappa shape index (κ1) is 30.2. The summed E-state index contributed by atoms with van der Waals surface area (Å²) in [6.45, 7) is 8.04. The Morgan fingerprint density at radius 2 is 1.74 bits per heavy atom. The fraction of sp³-hybridized carbons (Fsp3) is 0.720. The maximum atomic E-state index is 13.4. The van der Waals surface area contributed by atoms with E-state index in [1.165, 1.54) is 19.2 Å². The first-order valence-corrected chi connectivity index (χ1v) is 11.8. The summed E-state index contributed by atoms with van der Waals surface area (Å²) in [7, 11) is 1.51. The van der Waals surface area contributed by atoms with Crippen LogP contribution in [-0.2, 0) is 22.1 Å². The van der Waals surface area contributed by atoms with Crippen LogP contribution in [0.25, 0.3) is 0 Å². The second kappa shape index (κ2) is 13.9. The number of ether oxygens (including phenoxy) is 2.